The predicted molar refractivity (Wildman–Crippen MR) is 82.6 cm³/mol. The summed E-state index contributed by atoms with van der Waals surface area (Å²) in [5.41, 5.74) is 3.00. The third-order valence-corrected chi connectivity index (χ3v) is 3.87. The number of pyridine rings is 1. The van der Waals surface area contributed by atoms with Crippen LogP contribution in [0.4, 0.5) is 0 Å². The lowest BCUT2D eigenvalue weighted by atomic mass is 10.1. The third kappa shape index (κ3) is 2.10. The molecule has 0 unspecified atom stereocenters. The molecule has 22 heavy (non-hydrogen) atoms. The Morgan fingerprint density at radius 2 is 1.95 bits per heavy atom. The van der Waals surface area contributed by atoms with E-state index < -0.39 is 0 Å². The molecule has 1 aromatic carbocycles. The van der Waals surface area contributed by atoms with Gasteiger partial charge in [-0.1, -0.05) is 11.6 Å². The van der Waals surface area contributed by atoms with Crippen molar-refractivity contribution in [1.82, 2.24) is 9.38 Å². The zero-order valence-electron chi connectivity index (χ0n) is 11.6. The zero-order valence-corrected chi connectivity index (χ0v) is 12.4. The lowest BCUT2D eigenvalue weighted by Crippen LogP contribution is -2.15. The molecule has 3 aromatic rings. The maximum Gasteiger partial charge on any atom is 0.162 e. The largest absolute Gasteiger partial charge is 0.486 e. The second kappa shape index (κ2) is 5.19. The van der Waals surface area contributed by atoms with Gasteiger partial charge in [0.15, 0.2) is 11.5 Å². The van der Waals surface area contributed by atoms with Crippen molar-refractivity contribution in [3.8, 4) is 22.8 Å². The van der Waals surface area contributed by atoms with Gasteiger partial charge < -0.3 is 14.6 Å². The minimum Gasteiger partial charge on any atom is -0.486 e. The highest BCUT2D eigenvalue weighted by Crippen LogP contribution is 2.35. The third-order valence-electron chi connectivity index (χ3n) is 3.65. The average molecular weight is 317 g/mol. The van der Waals surface area contributed by atoms with Crippen molar-refractivity contribution in [2.75, 3.05) is 13.2 Å². The standard InChI is InChI=1S/C16H13ClN2O3/c17-11-2-4-15-18-16(12(9-20)19(15)8-11)10-1-3-13-14(7-10)22-6-5-21-13/h1-4,7-8,20H,5-6,9H2. The number of ether oxygens (including phenoxy) is 2. The van der Waals surface area contributed by atoms with E-state index in [0.717, 1.165) is 17.0 Å². The van der Waals surface area contributed by atoms with Crippen molar-refractivity contribution >= 4 is 17.2 Å². The van der Waals surface area contributed by atoms with Crippen molar-refractivity contribution in [2.45, 2.75) is 6.61 Å². The first-order valence-electron chi connectivity index (χ1n) is 6.93. The number of hydrogen-bond acceptors (Lipinski definition) is 4. The van der Waals surface area contributed by atoms with E-state index in [1.54, 1.807) is 16.7 Å². The summed E-state index contributed by atoms with van der Waals surface area (Å²) in [6, 6.07) is 9.26. The molecule has 5 nitrogen and oxygen atoms in total. The lowest BCUT2D eigenvalue weighted by molar-refractivity contribution is 0.171. The van der Waals surface area contributed by atoms with E-state index in [1.807, 2.05) is 24.3 Å². The Balaban J connectivity index is 1.90. The molecule has 1 N–H and O–H groups in total. The zero-order chi connectivity index (χ0) is 15.1. The van der Waals surface area contributed by atoms with Gasteiger partial charge in [0.2, 0.25) is 0 Å². The Kier molecular flexibility index (Phi) is 3.17. The molecule has 3 heterocycles. The first-order valence-corrected chi connectivity index (χ1v) is 7.31. The normalized spacial score (nSPS) is 13.5. The maximum absolute atomic E-state index is 9.74. The number of aliphatic hydroxyl groups is 1. The van der Waals surface area contributed by atoms with E-state index in [4.69, 9.17) is 21.1 Å². The van der Waals surface area contributed by atoms with Gasteiger partial charge in [-0.3, -0.25) is 4.40 Å². The Hall–Kier alpha value is -2.24. The molecule has 0 aliphatic carbocycles. The molecule has 0 saturated heterocycles. The smallest absolute Gasteiger partial charge is 0.162 e. The number of fused-ring (bicyclic) bond motifs is 2. The number of aromatic nitrogens is 2. The molecule has 112 valence electrons. The summed E-state index contributed by atoms with van der Waals surface area (Å²) in [6.45, 7) is 0.955. The van der Waals surface area contributed by atoms with Crippen LogP contribution in [-0.4, -0.2) is 27.7 Å². The molecule has 4 rings (SSSR count). The number of imidazole rings is 1. The van der Waals surface area contributed by atoms with Gasteiger partial charge in [0.25, 0.3) is 0 Å². The van der Waals surface area contributed by atoms with Crippen molar-refractivity contribution in [3.63, 3.8) is 0 Å². The summed E-state index contributed by atoms with van der Waals surface area (Å²) in [7, 11) is 0. The van der Waals surface area contributed by atoms with Gasteiger partial charge in [0, 0.05) is 11.8 Å². The molecule has 6 heteroatoms. The summed E-state index contributed by atoms with van der Waals surface area (Å²) in [5.74, 6) is 1.43. The topological polar surface area (TPSA) is 56.0 Å². The Morgan fingerprint density at radius 3 is 2.77 bits per heavy atom. The number of benzene rings is 1. The second-order valence-electron chi connectivity index (χ2n) is 5.00. The summed E-state index contributed by atoms with van der Waals surface area (Å²) >= 11 is 6.03. The van der Waals surface area contributed by atoms with Gasteiger partial charge in [-0.05, 0) is 30.3 Å². The van der Waals surface area contributed by atoms with Crippen LogP contribution in [0.2, 0.25) is 5.02 Å². The number of nitrogens with zero attached hydrogens (tertiary/aromatic N) is 2. The molecule has 0 radical (unpaired) electrons. The fraction of sp³-hybridized carbons (Fsp3) is 0.188. The fourth-order valence-corrected chi connectivity index (χ4v) is 2.80. The number of aliphatic hydroxyl groups excluding tert-OH is 1. The molecule has 0 bridgehead atoms. The minimum absolute atomic E-state index is 0.134. The SMILES string of the molecule is OCc1c(-c2ccc3c(c2)OCCO3)nc2ccc(Cl)cn12. The average Bonchev–Trinajstić information content (AvgIpc) is 2.92. The molecular formula is C16H13ClN2O3. The van der Waals surface area contributed by atoms with E-state index in [1.165, 1.54) is 0 Å². The Morgan fingerprint density at radius 1 is 1.14 bits per heavy atom. The monoisotopic (exact) mass is 316 g/mol. The highest BCUT2D eigenvalue weighted by atomic mass is 35.5. The van der Waals surface area contributed by atoms with Crippen molar-refractivity contribution < 1.29 is 14.6 Å². The van der Waals surface area contributed by atoms with Crippen molar-refractivity contribution in [3.05, 3.63) is 47.2 Å². The van der Waals surface area contributed by atoms with Crippen molar-refractivity contribution in [1.29, 1.82) is 0 Å². The van der Waals surface area contributed by atoms with Gasteiger partial charge in [-0.15, -0.1) is 0 Å². The van der Waals surface area contributed by atoms with E-state index in [9.17, 15) is 5.11 Å². The molecule has 0 fully saturated rings. The Bertz CT molecular complexity index is 860. The van der Waals surface area contributed by atoms with Gasteiger partial charge in [-0.2, -0.15) is 0 Å². The predicted octanol–water partition coefficient (Wildman–Crippen LogP) is 2.92. The van der Waals surface area contributed by atoms with Crippen LogP contribution in [0.1, 0.15) is 5.69 Å². The Labute approximate surface area is 131 Å². The summed E-state index contributed by atoms with van der Waals surface area (Å²) in [5, 5.41) is 10.3. The van der Waals surface area contributed by atoms with Crippen LogP contribution >= 0.6 is 11.6 Å². The lowest BCUT2D eigenvalue weighted by Gasteiger charge is -2.18. The molecule has 0 atom stereocenters. The van der Waals surface area contributed by atoms with Crippen LogP contribution in [-0.2, 0) is 6.61 Å². The van der Waals surface area contributed by atoms with Crippen LogP contribution in [0.25, 0.3) is 16.9 Å². The molecule has 1 aliphatic rings. The van der Waals surface area contributed by atoms with Crippen LogP contribution in [0.3, 0.4) is 0 Å². The van der Waals surface area contributed by atoms with Gasteiger partial charge in [0.05, 0.1) is 23.0 Å². The number of hydrogen-bond donors (Lipinski definition) is 1. The molecule has 0 amide bonds. The summed E-state index contributed by atoms with van der Waals surface area (Å²) < 4.78 is 12.9. The van der Waals surface area contributed by atoms with E-state index >= 15 is 0 Å². The highest BCUT2D eigenvalue weighted by Gasteiger charge is 2.17. The van der Waals surface area contributed by atoms with E-state index in [2.05, 4.69) is 4.98 Å². The maximum atomic E-state index is 9.74. The van der Waals surface area contributed by atoms with E-state index in [-0.39, 0.29) is 6.61 Å². The molecule has 2 aromatic heterocycles. The quantitative estimate of drug-likeness (QED) is 0.790. The van der Waals surface area contributed by atoms with Gasteiger partial charge in [-0.25, -0.2) is 4.98 Å². The van der Waals surface area contributed by atoms with Gasteiger partial charge >= 0.3 is 0 Å². The minimum atomic E-state index is -0.134. The van der Waals surface area contributed by atoms with Crippen LogP contribution in [0, 0.1) is 0 Å². The fourth-order valence-electron chi connectivity index (χ4n) is 2.64. The molecule has 1 aliphatic heterocycles. The summed E-state index contributed by atoms with van der Waals surface area (Å²) in [4.78, 5) is 4.59. The number of halogens is 1. The molecule has 0 spiro atoms. The first kappa shape index (κ1) is 13.4. The summed E-state index contributed by atoms with van der Waals surface area (Å²) in [6.07, 6.45) is 1.75. The molecule has 0 saturated carbocycles. The van der Waals surface area contributed by atoms with E-state index in [0.29, 0.717) is 35.4 Å². The number of rotatable bonds is 2. The van der Waals surface area contributed by atoms with Crippen molar-refractivity contribution in [2.24, 2.45) is 0 Å². The van der Waals surface area contributed by atoms with Crippen LogP contribution < -0.4 is 9.47 Å². The molecular weight excluding hydrogens is 304 g/mol. The van der Waals surface area contributed by atoms with Gasteiger partial charge in [0.1, 0.15) is 18.9 Å². The second-order valence-corrected chi connectivity index (χ2v) is 5.44. The van der Waals surface area contributed by atoms with Crippen LogP contribution in [0.15, 0.2) is 36.5 Å². The first-order chi connectivity index (χ1) is 10.8. The van der Waals surface area contributed by atoms with Crippen LogP contribution in [0.5, 0.6) is 11.5 Å². The highest BCUT2D eigenvalue weighted by molar-refractivity contribution is 6.30.